The molecule has 1 heterocycles. The van der Waals surface area contributed by atoms with Crippen molar-refractivity contribution >= 4 is 10.9 Å². The molecule has 0 radical (unpaired) electrons. The molecule has 0 saturated carbocycles. The van der Waals surface area contributed by atoms with Crippen molar-refractivity contribution in [2.75, 3.05) is 20.3 Å². The lowest BCUT2D eigenvalue weighted by Crippen LogP contribution is -2.10. The van der Waals surface area contributed by atoms with Crippen molar-refractivity contribution in [3.63, 3.8) is 0 Å². The largest absolute Gasteiger partial charge is 0.380 e. The molecular weight excluding hydrogens is 238 g/mol. The van der Waals surface area contributed by atoms with E-state index in [-0.39, 0.29) is 0 Å². The summed E-state index contributed by atoms with van der Waals surface area (Å²) >= 11 is 0. The van der Waals surface area contributed by atoms with Crippen LogP contribution in [0.2, 0.25) is 0 Å². The molecule has 1 N–H and O–H groups in total. The molecule has 0 unspecified atom stereocenters. The van der Waals surface area contributed by atoms with Gasteiger partial charge in [0.2, 0.25) is 0 Å². The maximum atomic E-state index is 5.62. The van der Waals surface area contributed by atoms with Crippen LogP contribution in [0, 0.1) is 0 Å². The lowest BCUT2D eigenvalue weighted by atomic mass is 10.2. The molecule has 2 aromatic rings. The Morgan fingerprint density at radius 1 is 1.26 bits per heavy atom. The normalized spacial score (nSPS) is 11.3. The summed E-state index contributed by atoms with van der Waals surface area (Å²) in [4.78, 5) is 0. The van der Waals surface area contributed by atoms with Gasteiger partial charge < -0.3 is 10.1 Å². The number of hydrogen-bond acceptors (Lipinski definition) is 3. The summed E-state index contributed by atoms with van der Waals surface area (Å²) in [5.74, 6) is 0. The van der Waals surface area contributed by atoms with Gasteiger partial charge in [0.15, 0.2) is 0 Å². The number of hydrogen-bond donors (Lipinski definition) is 1. The molecule has 104 valence electrons. The van der Waals surface area contributed by atoms with Crippen LogP contribution in [0.1, 0.15) is 25.5 Å². The summed E-state index contributed by atoms with van der Waals surface area (Å²) in [7, 11) is 1.95. The van der Waals surface area contributed by atoms with Crippen LogP contribution < -0.4 is 5.32 Å². The zero-order valence-electron chi connectivity index (χ0n) is 11.9. The maximum Gasteiger partial charge on any atom is 0.0841 e. The smallest absolute Gasteiger partial charge is 0.0841 e. The standard InChI is InChI=1S/C15H23N3O/c1-3-4-10-19-11-9-18-15-8-6-5-7-13(15)14(17-18)12-16-2/h5-8,16H,3-4,9-12H2,1-2H3. The van der Waals surface area contributed by atoms with Gasteiger partial charge in [-0.25, -0.2) is 0 Å². The fourth-order valence-electron chi connectivity index (χ4n) is 2.16. The number of aromatic nitrogens is 2. The van der Waals surface area contributed by atoms with Crippen LogP contribution in [0.4, 0.5) is 0 Å². The average molecular weight is 261 g/mol. The Labute approximate surface area is 114 Å². The molecule has 19 heavy (non-hydrogen) atoms. The molecular formula is C15H23N3O. The molecule has 0 aliphatic carbocycles. The first-order valence-corrected chi connectivity index (χ1v) is 7.03. The molecule has 0 saturated heterocycles. The minimum Gasteiger partial charge on any atom is -0.380 e. The fourth-order valence-corrected chi connectivity index (χ4v) is 2.16. The summed E-state index contributed by atoms with van der Waals surface area (Å²) in [5.41, 5.74) is 2.29. The second kappa shape index (κ2) is 7.26. The van der Waals surface area contributed by atoms with Gasteiger partial charge in [-0.2, -0.15) is 5.10 Å². The minimum atomic E-state index is 0.727. The fraction of sp³-hybridized carbons (Fsp3) is 0.533. The molecule has 0 amide bonds. The maximum absolute atomic E-state index is 5.62. The quantitative estimate of drug-likeness (QED) is 0.742. The number of para-hydroxylation sites is 1. The van der Waals surface area contributed by atoms with E-state index in [0.29, 0.717) is 0 Å². The van der Waals surface area contributed by atoms with Crippen LogP contribution in [-0.2, 0) is 17.8 Å². The van der Waals surface area contributed by atoms with E-state index in [1.807, 2.05) is 11.7 Å². The number of nitrogens with zero attached hydrogens (tertiary/aromatic N) is 2. The van der Waals surface area contributed by atoms with Gasteiger partial charge in [0, 0.05) is 18.5 Å². The Morgan fingerprint density at radius 2 is 2.11 bits per heavy atom. The van der Waals surface area contributed by atoms with E-state index in [1.54, 1.807) is 0 Å². The predicted octanol–water partition coefficient (Wildman–Crippen LogP) is 2.57. The number of benzene rings is 1. The summed E-state index contributed by atoms with van der Waals surface area (Å²) < 4.78 is 7.67. The highest BCUT2D eigenvalue weighted by atomic mass is 16.5. The molecule has 4 heteroatoms. The molecule has 0 aliphatic rings. The Bertz CT molecular complexity index is 507. The van der Waals surface area contributed by atoms with Crippen molar-refractivity contribution in [3.8, 4) is 0 Å². The van der Waals surface area contributed by atoms with Crippen molar-refractivity contribution in [2.45, 2.75) is 32.9 Å². The van der Waals surface area contributed by atoms with Gasteiger partial charge in [-0.1, -0.05) is 31.5 Å². The summed E-state index contributed by atoms with van der Waals surface area (Å²) in [5, 5.41) is 9.06. The Hall–Kier alpha value is -1.39. The second-order valence-corrected chi connectivity index (χ2v) is 4.68. The van der Waals surface area contributed by atoms with E-state index in [9.17, 15) is 0 Å². The molecule has 0 spiro atoms. The van der Waals surface area contributed by atoms with E-state index < -0.39 is 0 Å². The third-order valence-corrected chi connectivity index (χ3v) is 3.17. The van der Waals surface area contributed by atoms with Crippen molar-refractivity contribution in [2.24, 2.45) is 0 Å². The molecule has 0 bridgehead atoms. The van der Waals surface area contributed by atoms with E-state index in [4.69, 9.17) is 4.74 Å². The van der Waals surface area contributed by atoms with Crippen molar-refractivity contribution in [1.82, 2.24) is 15.1 Å². The Balaban J connectivity index is 2.05. The van der Waals surface area contributed by atoms with Crippen LogP contribution >= 0.6 is 0 Å². The molecule has 2 rings (SSSR count). The summed E-state index contributed by atoms with van der Waals surface area (Å²) in [6, 6.07) is 8.36. The molecule has 0 aliphatic heterocycles. The summed E-state index contributed by atoms with van der Waals surface area (Å²) in [6.07, 6.45) is 2.31. The van der Waals surface area contributed by atoms with E-state index in [1.165, 1.54) is 17.3 Å². The number of ether oxygens (including phenoxy) is 1. The zero-order valence-corrected chi connectivity index (χ0v) is 11.9. The van der Waals surface area contributed by atoms with Crippen LogP contribution in [0.25, 0.3) is 10.9 Å². The van der Waals surface area contributed by atoms with E-state index in [0.717, 1.165) is 38.4 Å². The Morgan fingerprint density at radius 3 is 2.89 bits per heavy atom. The van der Waals surface area contributed by atoms with Crippen molar-refractivity contribution in [1.29, 1.82) is 0 Å². The highest BCUT2D eigenvalue weighted by Gasteiger charge is 2.08. The lowest BCUT2D eigenvalue weighted by Gasteiger charge is -2.04. The van der Waals surface area contributed by atoms with Gasteiger partial charge in [-0.05, 0) is 19.5 Å². The van der Waals surface area contributed by atoms with E-state index in [2.05, 4.69) is 41.6 Å². The highest BCUT2D eigenvalue weighted by Crippen LogP contribution is 2.18. The van der Waals surface area contributed by atoms with Crippen LogP contribution in [0.3, 0.4) is 0 Å². The third kappa shape index (κ3) is 3.55. The van der Waals surface area contributed by atoms with Gasteiger partial charge in [-0.15, -0.1) is 0 Å². The first-order chi connectivity index (χ1) is 9.36. The first kappa shape index (κ1) is 14.0. The number of rotatable bonds is 8. The molecule has 1 aromatic carbocycles. The third-order valence-electron chi connectivity index (χ3n) is 3.17. The topological polar surface area (TPSA) is 39.1 Å². The van der Waals surface area contributed by atoms with Crippen LogP contribution in [0.5, 0.6) is 0 Å². The minimum absolute atomic E-state index is 0.727. The zero-order chi connectivity index (χ0) is 13.5. The van der Waals surface area contributed by atoms with Gasteiger partial charge in [0.1, 0.15) is 0 Å². The number of fused-ring (bicyclic) bond motifs is 1. The molecule has 0 fully saturated rings. The predicted molar refractivity (Wildman–Crippen MR) is 78.2 cm³/mol. The number of unbranched alkanes of at least 4 members (excludes halogenated alkanes) is 1. The molecule has 4 nitrogen and oxygen atoms in total. The SMILES string of the molecule is CCCCOCCn1nc(CNC)c2ccccc21. The van der Waals surface area contributed by atoms with Crippen LogP contribution in [0.15, 0.2) is 24.3 Å². The van der Waals surface area contributed by atoms with Gasteiger partial charge in [0.25, 0.3) is 0 Å². The monoisotopic (exact) mass is 261 g/mol. The molecule has 1 aromatic heterocycles. The van der Waals surface area contributed by atoms with Gasteiger partial charge >= 0.3 is 0 Å². The van der Waals surface area contributed by atoms with Crippen LogP contribution in [-0.4, -0.2) is 30.0 Å². The van der Waals surface area contributed by atoms with E-state index >= 15 is 0 Å². The summed E-state index contributed by atoms with van der Waals surface area (Å²) in [6.45, 7) is 5.36. The number of nitrogens with one attached hydrogen (secondary N) is 1. The van der Waals surface area contributed by atoms with Gasteiger partial charge in [0.05, 0.1) is 24.4 Å². The second-order valence-electron chi connectivity index (χ2n) is 4.68. The van der Waals surface area contributed by atoms with Crippen molar-refractivity contribution < 1.29 is 4.74 Å². The average Bonchev–Trinajstić information content (AvgIpc) is 2.78. The van der Waals surface area contributed by atoms with Gasteiger partial charge in [-0.3, -0.25) is 4.68 Å². The Kier molecular flexibility index (Phi) is 5.36. The molecule has 0 atom stereocenters. The van der Waals surface area contributed by atoms with Crippen molar-refractivity contribution in [3.05, 3.63) is 30.0 Å². The first-order valence-electron chi connectivity index (χ1n) is 7.03. The lowest BCUT2D eigenvalue weighted by molar-refractivity contribution is 0.122. The highest BCUT2D eigenvalue weighted by molar-refractivity contribution is 5.81.